The number of unbranched alkanes of at least 4 members (excludes halogenated alkanes) is 21. The summed E-state index contributed by atoms with van der Waals surface area (Å²) in [4.78, 5) is 38.2. The molecule has 0 N–H and O–H groups in total. The molecule has 6 heteroatoms. The molecule has 0 aromatic heterocycles. The first kappa shape index (κ1) is 73.3. The van der Waals surface area contributed by atoms with E-state index in [2.05, 4.69) is 161 Å². The molecule has 0 heterocycles. The van der Waals surface area contributed by atoms with Crippen LogP contribution in [-0.2, 0) is 28.6 Å². The van der Waals surface area contributed by atoms with Gasteiger partial charge in [0.25, 0.3) is 0 Å². The molecule has 0 radical (unpaired) electrons. The normalized spacial score (nSPS) is 13.1. The van der Waals surface area contributed by atoms with E-state index in [4.69, 9.17) is 14.2 Å². The molecule has 0 saturated heterocycles. The molecular weight excluding hydrogens is 961 g/mol. The minimum absolute atomic E-state index is 0.111. The summed E-state index contributed by atoms with van der Waals surface area (Å²) in [7, 11) is 0. The van der Waals surface area contributed by atoms with Crippen molar-refractivity contribution in [3.8, 4) is 0 Å². The molecule has 0 rings (SSSR count). The van der Waals surface area contributed by atoms with Crippen molar-refractivity contribution in [3.63, 3.8) is 0 Å². The number of rotatable bonds is 56. The van der Waals surface area contributed by atoms with Crippen LogP contribution in [0.1, 0.15) is 271 Å². The van der Waals surface area contributed by atoms with Gasteiger partial charge in [-0.15, -0.1) is 0 Å². The monoisotopic (exact) mass is 1080 g/mol. The van der Waals surface area contributed by atoms with Gasteiger partial charge >= 0.3 is 17.9 Å². The number of hydrogen-bond donors (Lipinski definition) is 0. The fourth-order valence-corrected chi connectivity index (χ4v) is 8.37. The van der Waals surface area contributed by atoms with Crippen molar-refractivity contribution in [1.82, 2.24) is 0 Å². The maximum Gasteiger partial charge on any atom is 0.306 e. The zero-order valence-electron chi connectivity index (χ0n) is 50.4. The molecule has 1 atom stereocenters. The van der Waals surface area contributed by atoms with E-state index in [0.29, 0.717) is 19.3 Å². The van der Waals surface area contributed by atoms with E-state index < -0.39 is 6.10 Å². The van der Waals surface area contributed by atoms with E-state index in [1.54, 1.807) is 0 Å². The summed E-state index contributed by atoms with van der Waals surface area (Å²) in [5.74, 6) is -1.01. The van der Waals surface area contributed by atoms with E-state index in [9.17, 15) is 14.4 Å². The van der Waals surface area contributed by atoms with Gasteiger partial charge in [0, 0.05) is 19.3 Å². The first-order chi connectivity index (χ1) is 38.5. The van der Waals surface area contributed by atoms with Crippen LogP contribution in [0.3, 0.4) is 0 Å². The van der Waals surface area contributed by atoms with Crippen LogP contribution in [0.25, 0.3) is 0 Å². The maximum atomic E-state index is 12.9. The van der Waals surface area contributed by atoms with Crippen molar-refractivity contribution in [1.29, 1.82) is 0 Å². The second-order valence-electron chi connectivity index (χ2n) is 20.5. The Kier molecular flexibility index (Phi) is 60.9. The molecule has 0 aromatic rings. The molecule has 0 spiro atoms. The summed E-state index contributed by atoms with van der Waals surface area (Å²) < 4.78 is 16.8. The molecule has 0 aliphatic rings. The average molecular weight is 1080 g/mol. The van der Waals surface area contributed by atoms with E-state index >= 15 is 0 Å². The zero-order valence-corrected chi connectivity index (χ0v) is 50.4. The Bertz CT molecular complexity index is 1710. The summed E-state index contributed by atoms with van der Waals surface area (Å²) in [5.41, 5.74) is 0. The Morgan fingerprint density at radius 1 is 0.269 bits per heavy atom. The quantitative estimate of drug-likeness (QED) is 0.0261. The van der Waals surface area contributed by atoms with Crippen LogP contribution in [-0.4, -0.2) is 37.2 Å². The molecule has 6 nitrogen and oxygen atoms in total. The summed E-state index contributed by atoms with van der Waals surface area (Å²) in [6, 6.07) is 0. The number of carbonyl (C=O) groups excluding carboxylic acids is 3. The Morgan fingerprint density at radius 3 is 0.859 bits per heavy atom. The van der Waals surface area contributed by atoms with Crippen molar-refractivity contribution in [2.45, 2.75) is 277 Å². The van der Waals surface area contributed by atoms with E-state index in [-0.39, 0.29) is 37.5 Å². The lowest BCUT2D eigenvalue weighted by molar-refractivity contribution is -0.166. The smallest absolute Gasteiger partial charge is 0.306 e. The Labute approximate surface area is 480 Å². The van der Waals surface area contributed by atoms with Gasteiger partial charge in [-0.1, -0.05) is 269 Å². The number of ether oxygens (including phenoxy) is 3. The van der Waals surface area contributed by atoms with Crippen molar-refractivity contribution >= 4 is 17.9 Å². The van der Waals surface area contributed by atoms with Gasteiger partial charge in [0.15, 0.2) is 6.10 Å². The molecule has 0 bridgehead atoms. The fraction of sp³-hybridized carbons (Fsp3) is 0.625. The Hall–Kier alpha value is -4.71. The highest BCUT2D eigenvalue weighted by Crippen LogP contribution is 2.15. The number of esters is 3. The van der Waals surface area contributed by atoms with Gasteiger partial charge in [0.05, 0.1) is 0 Å². The highest BCUT2D eigenvalue weighted by atomic mass is 16.6. The molecule has 0 aliphatic carbocycles. The minimum Gasteiger partial charge on any atom is -0.462 e. The molecule has 0 aliphatic heterocycles. The second-order valence-corrected chi connectivity index (χ2v) is 20.5. The number of hydrogen-bond acceptors (Lipinski definition) is 6. The van der Waals surface area contributed by atoms with Crippen molar-refractivity contribution in [2.24, 2.45) is 0 Å². The largest absolute Gasteiger partial charge is 0.462 e. The van der Waals surface area contributed by atoms with Gasteiger partial charge in [-0.05, 0) is 128 Å². The zero-order chi connectivity index (χ0) is 56.4. The first-order valence-electron chi connectivity index (χ1n) is 31.8. The molecule has 0 aromatic carbocycles. The third-order valence-electron chi connectivity index (χ3n) is 13.1. The van der Waals surface area contributed by atoms with Gasteiger partial charge in [-0.25, -0.2) is 0 Å². The van der Waals surface area contributed by atoms with Gasteiger partial charge in [-0.2, -0.15) is 0 Å². The average Bonchev–Trinajstić information content (AvgIpc) is 3.44. The van der Waals surface area contributed by atoms with Crippen molar-refractivity contribution in [2.75, 3.05) is 13.2 Å². The highest BCUT2D eigenvalue weighted by Gasteiger charge is 2.19. The second kappa shape index (κ2) is 64.8. The molecule has 1 unspecified atom stereocenters. The third-order valence-corrected chi connectivity index (χ3v) is 13.1. The van der Waals surface area contributed by atoms with Crippen LogP contribution in [0.15, 0.2) is 146 Å². The van der Waals surface area contributed by atoms with Crippen molar-refractivity contribution < 1.29 is 28.6 Å². The summed E-state index contributed by atoms with van der Waals surface area (Å²) in [6.45, 7) is 6.31. The Balaban J connectivity index is 4.31. The molecule has 0 amide bonds. The van der Waals surface area contributed by atoms with Crippen LogP contribution in [0.4, 0.5) is 0 Å². The van der Waals surface area contributed by atoms with Crippen LogP contribution in [0.2, 0.25) is 0 Å². The van der Waals surface area contributed by atoms with E-state index in [1.807, 2.05) is 6.08 Å². The third kappa shape index (κ3) is 62.1. The van der Waals surface area contributed by atoms with Gasteiger partial charge in [-0.3, -0.25) is 14.4 Å². The topological polar surface area (TPSA) is 78.9 Å². The summed E-state index contributed by atoms with van der Waals surface area (Å²) in [6.07, 6.45) is 93.0. The SMILES string of the molecule is CC/C=C\C/C=C\C/C=C\C/C=C\C/C=C\C/C=C\CCCCCCCCCCCCCCC(=O)OCC(COC(=O)CC/C=C\C/C=C\C/C=C\C/C=C\CC)OC(=O)CCCCCCC/C=C\C/C=C\CCCCCC. The van der Waals surface area contributed by atoms with E-state index in [0.717, 1.165) is 128 Å². The van der Waals surface area contributed by atoms with Crippen LogP contribution < -0.4 is 0 Å². The molecule has 0 fully saturated rings. The predicted octanol–water partition coefficient (Wildman–Crippen LogP) is 21.9. The Morgan fingerprint density at radius 2 is 0.526 bits per heavy atom. The van der Waals surface area contributed by atoms with Crippen molar-refractivity contribution in [3.05, 3.63) is 146 Å². The fourth-order valence-electron chi connectivity index (χ4n) is 8.37. The lowest BCUT2D eigenvalue weighted by Crippen LogP contribution is -2.30. The molecule has 440 valence electrons. The van der Waals surface area contributed by atoms with E-state index in [1.165, 1.54) is 96.3 Å². The highest BCUT2D eigenvalue weighted by molar-refractivity contribution is 5.71. The van der Waals surface area contributed by atoms with Gasteiger partial charge < -0.3 is 14.2 Å². The maximum absolute atomic E-state index is 12.9. The van der Waals surface area contributed by atoms with Gasteiger partial charge in [0.2, 0.25) is 0 Å². The summed E-state index contributed by atoms with van der Waals surface area (Å²) in [5, 5.41) is 0. The lowest BCUT2D eigenvalue weighted by Gasteiger charge is -2.18. The molecular formula is C72H116O6. The minimum atomic E-state index is -0.821. The standard InChI is InChI=1S/C72H116O6/c1-4-7-10-13-16-19-22-25-27-29-30-31-32-33-34-35-36-37-38-39-40-41-42-43-45-47-50-53-56-59-62-65-71(74)77-68-69(67-76-70(73)64-61-58-55-52-49-46-24-21-18-15-12-9-6-3)78-72(75)66-63-60-57-54-51-48-44-28-26-23-20-17-14-11-8-5-2/h7,9-10,12,16,18-21,23,25,27-28,30-31,33-34,36-37,44,46,49,55,58,69H,4-6,8,11,13-15,17,22,24,26,29,32,35,38-43,45,47-48,50-54,56-57,59-68H2,1-3H3/b10-7-,12-9-,19-16-,21-18-,23-20-,27-25-,31-30-,34-33-,37-36-,44-28-,49-46-,58-55-. The lowest BCUT2D eigenvalue weighted by atomic mass is 10.0. The van der Waals surface area contributed by atoms with Crippen LogP contribution in [0.5, 0.6) is 0 Å². The number of allylic oxidation sites excluding steroid dienone is 24. The predicted molar refractivity (Wildman–Crippen MR) is 339 cm³/mol. The molecule has 78 heavy (non-hydrogen) atoms. The van der Waals surface area contributed by atoms with Crippen LogP contribution >= 0.6 is 0 Å². The van der Waals surface area contributed by atoms with Crippen LogP contribution in [0, 0.1) is 0 Å². The van der Waals surface area contributed by atoms with Gasteiger partial charge in [0.1, 0.15) is 13.2 Å². The first-order valence-corrected chi connectivity index (χ1v) is 31.8. The number of carbonyl (C=O) groups is 3. The molecule has 0 saturated carbocycles. The summed E-state index contributed by atoms with van der Waals surface area (Å²) >= 11 is 0.